The average molecular weight is 260 g/mol. The van der Waals surface area contributed by atoms with E-state index in [2.05, 4.69) is 21.2 Å². The lowest BCUT2D eigenvalue weighted by Gasteiger charge is -2.05. The van der Waals surface area contributed by atoms with Gasteiger partial charge in [-0.3, -0.25) is 0 Å². The number of carboxylic acid groups (broad SMARTS) is 1. The van der Waals surface area contributed by atoms with Crippen molar-refractivity contribution >= 4 is 22.0 Å². The van der Waals surface area contributed by atoms with Crippen LogP contribution < -0.4 is 10.1 Å². The summed E-state index contributed by atoms with van der Waals surface area (Å²) in [5.74, 6) is 0.696. The Balaban J connectivity index is 2.76. The van der Waals surface area contributed by atoms with Crippen molar-refractivity contribution in [3.8, 4) is 5.75 Å². The number of rotatable bonds is 3. The zero-order chi connectivity index (χ0) is 10.6. The van der Waals surface area contributed by atoms with Crippen LogP contribution in [0.4, 0.5) is 4.79 Å². The van der Waals surface area contributed by atoms with Crippen LogP contribution in [0.15, 0.2) is 22.7 Å². The van der Waals surface area contributed by atoms with Crippen molar-refractivity contribution in [1.82, 2.24) is 5.32 Å². The first-order valence-electron chi connectivity index (χ1n) is 3.92. The monoisotopic (exact) mass is 259 g/mol. The van der Waals surface area contributed by atoms with Gasteiger partial charge in [0.25, 0.3) is 0 Å². The maximum atomic E-state index is 10.3. The third kappa shape index (κ3) is 3.26. The molecule has 0 bridgehead atoms. The highest BCUT2D eigenvalue weighted by Crippen LogP contribution is 2.20. The lowest BCUT2D eigenvalue weighted by atomic mass is 10.2. The van der Waals surface area contributed by atoms with Gasteiger partial charge in [-0.15, -0.1) is 0 Å². The molecule has 0 saturated carbocycles. The Morgan fingerprint density at radius 2 is 2.29 bits per heavy atom. The van der Waals surface area contributed by atoms with E-state index in [1.807, 2.05) is 12.1 Å². The quantitative estimate of drug-likeness (QED) is 0.876. The molecule has 14 heavy (non-hydrogen) atoms. The predicted molar refractivity (Wildman–Crippen MR) is 55.6 cm³/mol. The fraction of sp³-hybridized carbons (Fsp3) is 0.222. The minimum atomic E-state index is -1.04. The normalized spacial score (nSPS) is 9.57. The van der Waals surface area contributed by atoms with Crippen molar-refractivity contribution < 1.29 is 14.6 Å². The van der Waals surface area contributed by atoms with Crippen molar-refractivity contribution in [3.05, 3.63) is 28.2 Å². The topological polar surface area (TPSA) is 58.6 Å². The molecule has 76 valence electrons. The van der Waals surface area contributed by atoms with Crippen molar-refractivity contribution in [2.45, 2.75) is 6.54 Å². The molecule has 0 aliphatic carbocycles. The summed E-state index contributed by atoms with van der Waals surface area (Å²) in [6.07, 6.45) is -1.04. The van der Waals surface area contributed by atoms with Crippen LogP contribution in [-0.4, -0.2) is 18.3 Å². The SMILES string of the molecule is COc1cc(Br)cc(CNC(=O)O)c1. The van der Waals surface area contributed by atoms with Gasteiger partial charge in [-0.05, 0) is 23.8 Å². The van der Waals surface area contributed by atoms with Gasteiger partial charge in [0.05, 0.1) is 7.11 Å². The van der Waals surface area contributed by atoms with Crippen molar-refractivity contribution in [2.75, 3.05) is 7.11 Å². The molecule has 5 heteroatoms. The van der Waals surface area contributed by atoms with Gasteiger partial charge in [-0.2, -0.15) is 0 Å². The standard InChI is InChI=1S/C9H10BrNO3/c1-14-8-3-6(2-7(10)4-8)5-11-9(12)13/h2-4,11H,5H2,1H3,(H,12,13). The van der Waals surface area contributed by atoms with Crippen LogP contribution >= 0.6 is 15.9 Å². The van der Waals surface area contributed by atoms with Gasteiger partial charge in [0.1, 0.15) is 5.75 Å². The van der Waals surface area contributed by atoms with Gasteiger partial charge >= 0.3 is 6.09 Å². The van der Waals surface area contributed by atoms with E-state index in [9.17, 15) is 4.79 Å². The first kappa shape index (κ1) is 10.8. The second kappa shape index (κ2) is 4.85. The van der Waals surface area contributed by atoms with Crippen LogP contribution in [0.3, 0.4) is 0 Å². The molecule has 1 aromatic carbocycles. The van der Waals surface area contributed by atoms with Crippen LogP contribution in [-0.2, 0) is 6.54 Å². The summed E-state index contributed by atoms with van der Waals surface area (Å²) in [4.78, 5) is 10.3. The predicted octanol–water partition coefficient (Wildman–Crippen LogP) is 2.23. The van der Waals surface area contributed by atoms with Crippen molar-refractivity contribution in [2.24, 2.45) is 0 Å². The highest BCUT2D eigenvalue weighted by molar-refractivity contribution is 9.10. The summed E-state index contributed by atoms with van der Waals surface area (Å²) >= 11 is 3.31. The second-order valence-electron chi connectivity index (χ2n) is 2.66. The molecule has 2 N–H and O–H groups in total. The Kier molecular flexibility index (Phi) is 3.76. The van der Waals surface area contributed by atoms with Crippen LogP contribution in [0.2, 0.25) is 0 Å². The smallest absolute Gasteiger partial charge is 0.404 e. The number of carbonyl (C=O) groups is 1. The number of hydrogen-bond donors (Lipinski definition) is 2. The Labute approximate surface area is 90.0 Å². The Hall–Kier alpha value is -1.23. The number of hydrogen-bond acceptors (Lipinski definition) is 2. The third-order valence-electron chi connectivity index (χ3n) is 1.61. The van der Waals surface area contributed by atoms with E-state index in [1.165, 1.54) is 0 Å². The van der Waals surface area contributed by atoms with Crippen molar-refractivity contribution in [3.63, 3.8) is 0 Å². The molecule has 1 aromatic rings. The van der Waals surface area contributed by atoms with E-state index in [0.29, 0.717) is 5.75 Å². The van der Waals surface area contributed by atoms with Crippen LogP contribution in [0.1, 0.15) is 5.56 Å². The molecule has 0 spiro atoms. The van der Waals surface area contributed by atoms with Crippen molar-refractivity contribution in [1.29, 1.82) is 0 Å². The molecule has 1 amide bonds. The molecule has 0 fully saturated rings. The number of amides is 1. The van der Waals surface area contributed by atoms with Gasteiger partial charge in [0, 0.05) is 11.0 Å². The molecule has 1 rings (SSSR count). The number of benzene rings is 1. The maximum absolute atomic E-state index is 10.3. The van der Waals surface area contributed by atoms with E-state index in [0.717, 1.165) is 10.0 Å². The number of halogens is 1. The fourth-order valence-electron chi connectivity index (χ4n) is 1.02. The van der Waals surface area contributed by atoms with Crippen LogP contribution in [0.5, 0.6) is 5.75 Å². The molecule has 4 nitrogen and oxygen atoms in total. The Morgan fingerprint density at radius 3 is 2.86 bits per heavy atom. The van der Waals surface area contributed by atoms with Crippen LogP contribution in [0, 0.1) is 0 Å². The van der Waals surface area contributed by atoms with Gasteiger partial charge in [-0.25, -0.2) is 4.79 Å². The van der Waals surface area contributed by atoms with E-state index < -0.39 is 6.09 Å². The van der Waals surface area contributed by atoms with Gasteiger partial charge < -0.3 is 15.2 Å². The number of nitrogens with one attached hydrogen (secondary N) is 1. The summed E-state index contributed by atoms with van der Waals surface area (Å²) < 4.78 is 5.90. The minimum Gasteiger partial charge on any atom is -0.497 e. The molecule has 0 saturated heterocycles. The zero-order valence-electron chi connectivity index (χ0n) is 7.58. The molecule has 0 unspecified atom stereocenters. The Morgan fingerprint density at radius 1 is 1.57 bits per heavy atom. The molecular weight excluding hydrogens is 250 g/mol. The number of methoxy groups -OCH3 is 1. The summed E-state index contributed by atoms with van der Waals surface area (Å²) in [5.41, 5.74) is 0.846. The second-order valence-corrected chi connectivity index (χ2v) is 3.57. The molecule has 0 aromatic heterocycles. The molecule has 0 heterocycles. The van der Waals surface area contributed by atoms with Gasteiger partial charge in [-0.1, -0.05) is 15.9 Å². The lowest BCUT2D eigenvalue weighted by molar-refractivity contribution is 0.194. The lowest BCUT2D eigenvalue weighted by Crippen LogP contribution is -2.19. The highest BCUT2D eigenvalue weighted by Gasteiger charge is 2.01. The van der Waals surface area contributed by atoms with Gasteiger partial charge in [0.15, 0.2) is 0 Å². The van der Waals surface area contributed by atoms with E-state index in [1.54, 1.807) is 13.2 Å². The third-order valence-corrected chi connectivity index (χ3v) is 2.07. The molecule has 0 aliphatic heterocycles. The highest BCUT2D eigenvalue weighted by atomic mass is 79.9. The largest absolute Gasteiger partial charge is 0.497 e. The summed E-state index contributed by atoms with van der Waals surface area (Å²) in [6.45, 7) is 0.269. The molecule has 0 atom stereocenters. The average Bonchev–Trinajstić information content (AvgIpc) is 2.14. The molecule has 0 aliphatic rings. The first-order chi connectivity index (χ1) is 6.61. The Bertz CT molecular complexity index is 341. The van der Waals surface area contributed by atoms with Crippen LogP contribution in [0.25, 0.3) is 0 Å². The fourth-order valence-corrected chi connectivity index (χ4v) is 1.54. The summed E-state index contributed by atoms with van der Waals surface area (Å²) in [5, 5.41) is 10.7. The molecule has 0 radical (unpaired) electrons. The summed E-state index contributed by atoms with van der Waals surface area (Å²) in [6, 6.07) is 5.42. The van der Waals surface area contributed by atoms with E-state index in [4.69, 9.17) is 9.84 Å². The zero-order valence-corrected chi connectivity index (χ0v) is 9.17. The van der Waals surface area contributed by atoms with E-state index in [-0.39, 0.29) is 6.54 Å². The van der Waals surface area contributed by atoms with E-state index >= 15 is 0 Å². The summed E-state index contributed by atoms with van der Waals surface area (Å²) in [7, 11) is 1.57. The number of ether oxygens (including phenoxy) is 1. The first-order valence-corrected chi connectivity index (χ1v) is 4.71. The molecular formula is C9H10BrNO3. The van der Waals surface area contributed by atoms with Gasteiger partial charge in [0.2, 0.25) is 0 Å². The maximum Gasteiger partial charge on any atom is 0.404 e. The minimum absolute atomic E-state index is 0.269.